The normalized spacial score (nSPS) is 11.7. The molecule has 0 amide bonds. The summed E-state index contributed by atoms with van der Waals surface area (Å²) in [6, 6.07) is 11.5. The maximum atomic E-state index is 14.0. The van der Waals surface area contributed by atoms with Gasteiger partial charge in [-0.2, -0.15) is 0 Å². The first-order chi connectivity index (χ1) is 23.1. The van der Waals surface area contributed by atoms with Gasteiger partial charge < -0.3 is 19.0 Å². The Bertz CT molecular complexity index is 1700. The summed E-state index contributed by atoms with van der Waals surface area (Å²) in [4.78, 5) is 72.3. The van der Waals surface area contributed by atoms with Crippen LogP contribution in [0.5, 0.6) is 5.75 Å². The van der Waals surface area contributed by atoms with Crippen LogP contribution in [-0.2, 0) is 24.1 Å². The van der Waals surface area contributed by atoms with Crippen molar-refractivity contribution in [2.75, 3.05) is 0 Å². The highest BCUT2D eigenvalue weighted by atomic mass is 16.7. The fraction of sp³-hybridized carbons (Fsp3) is 0.378. The van der Waals surface area contributed by atoms with Gasteiger partial charge in [0, 0.05) is 48.3 Å². The van der Waals surface area contributed by atoms with Gasteiger partial charge >= 0.3 is 17.9 Å². The third-order valence-electron chi connectivity index (χ3n) is 7.44. The molecule has 254 valence electrons. The smallest absolute Gasteiger partial charge is 0.335 e. The number of carbonyl (C=O) groups excluding carboxylic acids is 5. The highest BCUT2D eigenvalue weighted by molar-refractivity contribution is 6.48. The number of fused-ring (bicyclic) bond motifs is 1. The van der Waals surface area contributed by atoms with Crippen molar-refractivity contribution in [3.05, 3.63) is 72.4 Å². The molecular weight excluding hydrogens is 614 g/mol. The van der Waals surface area contributed by atoms with Gasteiger partial charge in [-0.3, -0.25) is 9.59 Å². The van der Waals surface area contributed by atoms with E-state index >= 15 is 0 Å². The van der Waals surface area contributed by atoms with Gasteiger partial charge in [0.1, 0.15) is 17.2 Å². The third kappa shape index (κ3) is 10.7. The molecule has 0 aliphatic heterocycles. The fourth-order valence-corrected chi connectivity index (χ4v) is 5.00. The van der Waals surface area contributed by atoms with E-state index in [1.165, 1.54) is 13.8 Å². The molecule has 1 aromatic heterocycles. The lowest BCUT2D eigenvalue weighted by Crippen LogP contribution is -2.16. The summed E-state index contributed by atoms with van der Waals surface area (Å²) in [5, 5.41) is 8.33. The van der Waals surface area contributed by atoms with E-state index in [1.54, 1.807) is 53.2 Å². The summed E-state index contributed by atoms with van der Waals surface area (Å²) in [6.45, 7) is 10.0. The minimum absolute atomic E-state index is 0.107. The summed E-state index contributed by atoms with van der Waals surface area (Å²) in [7, 11) is 0. The number of benzene rings is 2. The monoisotopic (exact) mass is 657 g/mol. The minimum Gasteiger partial charge on any atom is -0.423 e. The van der Waals surface area contributed by atoms with Crippen molar-refractivity contribution in [1.82, 2.24) is 4.57 Å². The largest absolute Gasteiger partial charge is 0.423 e. The predicted octanol–water partition coefficient (Wildman–Crippen LogP) is 7.87. The lowest BCUT2D eigenvalue weighted by Gasteiger charge is -2.09. The van der Waals surface area contributed by atoms with Crippen LogP contribution in [0.15, 0.2) is 71.6 Å². The highest BCUT2D eigenvalue weighted by Gasteiger charge is 2.24. The minimum atomic E-state index is -0.641. The quantitative estimate of drug-likeness (QED) is 0.0185. The molecule has 0 saturated carbocycles. The number of aromatic nitrogens is 1. The number of unbranched alkanes of at least 4 members (excludes halogenated alkanes) is 6. The SMILES string of the molecule is C=CC(=O)Oc1ccc(-n2cc(C(=O)/C(CCCCCC)=N/OC(C)=O)c3ccc(C(=O)/C(CCCCCC)=N/OC(C)=O)cc32)cc1. The van der Waals surface area contributed by atoms with Gasteiger partial charge in [0.05, 0.1) is 5.52 Å². The standard InChI is InChI=1S/C37H43N3O8/c1-6-9-11-13-15-32(38-47-25(4)41)36(44)27-17-22-30-31(37(45)33(39-48-26(5)42)16-14-12-10-7-2)24-40(34(30)23-27)28-18-20-29(21-19-28)46-35(43)8-3/h8,17-24H,3,6-7,9-16H2,1-2,4-5H3/b38-32+,39-33+. The maximum Gasteiger partial charge on any atom is 0.335 e. The molecule has 0 aliphatic rings. The predicted molar refractivity (Wildman–Crippen MR) is 184 cm³/mol. The van der Waals surface area contributed by atoms with E-state index in [4.69, 9.17) is 14.4 Å². The number of esters is 1. The van der Waals surface area contributed by atoms with E-state index in [0.717, 1.165) is 44.6 Å². The second kappa shape index (κ2) is 18.8. The number of rotatable bonds is 19. The van der Waals surface area contributed by atoms with Crippen molar-refractivity contribution in [3.63, 3.8) is 0 Å². The molecule has 0 radical (unpaired) electrons. The Balaban J connectivity index is 2.14. The van der Waals surface area contributed by atoms with Gasteiger partial charge in [-0.25, -0.2) is 14.4 Å². The number of ether oxygens (including phenoxy) is 1. The summed E-state index contributed by atoms with van der Waals surface area (Å²) >= 11 is 0. The van der Waals surface area contributed by atoms with E-state index in [2.05, 4.69) is 30.7 Å². The number of oxime groups is 2. The van der Waals surface area contributed by atoms with Crippen LogP contribution in [0.4, 0.5) is 0 Å². The second-order valence-electron chi connectivity index (χ2n) is 11.3. The van der Waals surface area contributed by atoms with Gasteiger partial charge in [-0.15, -0.1) is 0 Å². The van der Waals surface area contributed by atoms with Crippen molar-refractivity contribution in [1.29, 1.82) is 0 Å². The first-order valence-electron chi connectivity index (χ1n) is 16.3. The summed E-state index contributed by atoms with van der Waals surface area (Å²) in [5.74, 6) is -2.41. The fourth-order valence-electron chi connectivity index (χ4n) is 5.00. The average Bonchev–Trinajstić information content (AvgIpc) is 3.46. The van der Waals surface area contributed by atoms with E-state index in [9.17, 15) is 24.0 Å². The first kappa shape index (κ1) is 37.3. The van der Waals surface area contributed by atoms with E-state index in [1.807, 2.05) is 0 Å². The molecule has 0 saturated heterocycles. The Hall–Kier alpha value is -5.19. The molecule has 0 unspecified atom stereocenters. The second-order valence-corrected chi connectivity index (χ2v) is 11.3. The molecule has 11 heteroatoms. The molecule has 48 heavy (non-hydrogen) atoms. The van der Waals surface area contributed by atoms with Gasteiger partial charge in [-0.1, -0.05) is 81.4 Å². The van der Waals surface area contributed by atoms with Crippen molar-refractivity contribution >= 4 is 51.8 Å². The van der Waals surface area contributed by atoms with Crippen LogP contribution >= 0.6 is 0 Å². The summed E-state index contributed by atoms with van der Waals surface area (Å²) in [5.41, 5.74) is 1.93. The molecule has 1 heterocycles. The van der Waals surface area contributed by atoms with Crippen LogP contribution in [0.3, 0.4) is 0 Å². The molecule has 0 spiro atoms. The number of hydrogen-bond donors (Lipinski definition) is 0. The van der Waals surface area contributed by atoms with Crippen molar-refractivity contribution in [2.24, 2.45) is 10.3 Å². The first-order valence-corrected chi connectivity index (χ1v) is 16.3. The molecule has 0 atom stereocenters. The lowest BCUT2D eigenvalue weighted by molar-refractivity contribution is -0.141. The van der Waals surface area contributed by atoms with Gasteiger partial charge in [-0.05, 0) is 56.0 Å². The molecule has 3 rings (SSSR count). The Morgan fingerprint density at radius 2 is 1.31 bits per heavy atom. The van der Waals surface area contributed by atoms with Crippen LogP contribution < -0.4 is 4.74 Å². The summed E-state index contributed by atoms with van der Waals surface area (Å²) in [6.07, 6.45) is 10.5. The topological polar surface area (TPSA) is 143 Å². The van der Waals surface area contributed by atoms with Crippen LogP contribution in [0, 0.1) is 0 Å². The van der Waals surface area contributed by atoms with E-state index in [-0.39, 0.29) is 17.0 Å². The van der Waals surface area contributed by atoms with Crippen LogP contribution in [-0.4, -0.2) is 45.5 Å². The number of Topliss-reactive ketones (excluding diaryl/α,β-unsaturated/α-hetero) is 2. The number of ketones is 2. The van der Waals surface area contributed by atoms with Crippen LogP contribution in [0.25, 0.3) is 16.6 Å². The van der Waals surface area contributed by atoms with Crippen molar-refractivity contribution in [3.8, 4) is 11.4 Å². The van der Waals surface area contributed by atoms with Gasteiger partial charge in [0.15, 0.2) is 0 Å². The molecule has 0 fully saturated rings. The zero-order valence-corrected chi connectivity index (χ0v) is 28.1. The van der Waals surface area contributed by atoms with Crippen LogP contribution in [0.2, 0.25) is 0 Å². The third-order valence-corrected chi connectivity index (χ3v) is 7.44. The Kier molecular flexibility index (Phi) is 14.6. The lowest BCUT2D eigenvalue weighted by atomic mass is 9.98. The number of carbonyl (C=O) groups is 5. The molecule has 0 N–H and O–H groups in total. The van der Waals surface area contributed by atoms with Gasteiger partial charge in [0.25, 0.3) is 0 Å². The van der Waals surface area contributed by atoms with Gasteiger partial charge in [0.2, 0.25) is 11.6 Å². The molecule has 0 bridgehead atoms. The van der Waals surface area contributed by atoms with E-state index in [0.29, 0.717) is 53.6 Å². The zero-order chi connectivity index (χ0) is 35.1. The molecule has 3 aromatic rings. The van der Waals surface area contributed by atoms with Crippen molar-refractivity contribution < 1.29 is 38.4 Å². The average molecular weight is 658 g/mol. The molecule has 2 aromatic carbocycles. The van der Waals surface area contributed by atoms with Crippen molar-refractivity contribution in [2.45, 2.75) is 91.9 Å². The number of hydrogen-bond acceptors (Lipinski definition) is 10. The maximum absolute atomic E-state index is 14.0. The number of nitrogens with zero attached hydrogens (tertiary/aromatic N) is 3. The van der Waals surface area contributed by atoms with E-state index < -0.39 is 29.5 Å². The zero-order valence-electron chi connectivity index (χ0n) is 28.1. The molecule has 0 aliphatic carbocycles. The molecular formula is C37H43N3O8. The summed E-state index contributed by atoms with van der Waals surface area (Å²) < 4.78 is 6.95. The Morgan fingerprint density at radius 1 is 0.750 bits per heavy atom. The highest BCUT2D eigenvalue weighted by Crippen LogP contribution is 2.29. The Labute approximate surface area is 280 Å². The van der Waals surface area contributed by atoms with Crippen LogP contribution in [0.1, 0.15) is 113 Å². The Morgan fingerprint density at radius 3 is 1.83 bits per heavy atom. The molecule has 11 nitrogen and oxygen atoms in total.